The molecule has 0 bridgehead atoms. The van der Waals surface area contributed by atoms with E-state index in [1.807, 2.05) is 12.1 Å². The van der Waals surface area contributed by atoms with Gasteiger partial charge in [0.1, 0.15) is 6.54 Å². The molecular weight excluding hydrogens is 452 g/mol. The van der Waals surface area contributed by atoms with Crippen LogP contribution >= 0.6 is 23.4 Å². The van der Waals surface area contributed by atoms with Gasteiger partial charge in [0.25, 0.3) is 11.1 Å². The number of methoxy groups -OCH3 is 2. The SMILES string of the molecule is COc1cc(/C=C2\SC(=O)N(CC(=O)Nc3ccc(C(C)C)cc3)C2=O)cc(Cl)c1OC. The molecule has 0 aromatic heterocycles. The maximum Gasteiger partial charge on any atom is 0.294 e. The van der Waals surface area contributed by atoms with Crippen LogP contribution in [0.15, 0.2) is 41.3 Å². The number of rotatable bonds is 7. The molecule has 0 unspecified atom stereocenters. The predicted octanol–water partition coefficient (Wildman–Crippen LogP) is 5.16. The lowest BCUT2D eigenvalue weighted by molar-refractivity contribution is -0.127. The first kappa shape index (κ1) is 23.7. The van der Waals surface area contributed by atoms with Crippen molar-refractivity contribution in [2.24, 2.45) is 0 Å². The molecule has 0 atom stereocenters. The van der Waals surface area contributed by atoms with E-state index in [0.29, 0.717) is 33.7 Å². The van der Waals surface area contributed by atoms with Crippen LogP contribution in [0.4, 0.5) is 10.5 Å². The van der Waals surface area contributed by atoms with Crippen molar-refractivity contribution in [3.63, 3.8) is 0 Å². The van der Waals surface area contributed by atoms with Crippen molar-refractivity contribution in [1.82, 2.24) is 4.90 Å². The summed E-state index contributed by atoms with van der Waals surface area (Å²) in [6.07, 6.45) is 1.53. The van der Waals surface area contributed by atoms with Crippen LogP contribution in [0.2, 0.25) is 5.02 Å². The molecule has 1 heterocycles. The number of nitrogens with one attached hydrogen (secondary N) is 1. The minimum atomic E-state index is -0.545. The van der Waals surface area contributed by atoms with Gasteiger partial charge in [-0.15, -0.1) is 0 Å². The van der Waals surface area contributed by atoms with Crippen LogP contribution < -0.4 is 14.8 Å². The number of carbonyl (C=O) groups excluding carboxylic acids is 3. The summed E-state index contributed by atoms with van der Waals surface area (Å²) in [5, 5.41) is 2.50. The molecule has 1 fully saturated rings. The molecule has 2 aromatic rings. The third-order valence-corrected chi connectivity index (χ3v) is 5.98. The molecule has 32 heavy (non-hydrogen) atoms. The minimum Gasteiger partial charge on any atom is -0.493 e. The van der Waals surface area contributed by atoms with Crippen molar-refractivity contribution in [2.75, 3.05) is 26.1 Å². The number of imide groups is 1. The molecule has 0 radical (unpaired) electrons. The number of hydrogen-bond donors (Lipinski definition) is 1. The van der Waals surface area contributed by atoms with E-state index in [4.69, 9.17) is 21.1 Å². The quantitative estimate of drug-likeness (QED) is 0.558. The van der Waals surface area contributed by atoms with Gasteiger partial charge in [-0.25, -0.2) is 0 Å². The third-order valence-electron chi connectivity index (χ3n) is 4.79. The number of halogens is 1. The third kappa shape index (κ3) is 5.26. The molecule has 1 saturated heterocycles. The molecule has 3 amide bonds. The predicted molar refractivity (Wildman–Crippen MR) is 126 cm³/mol. The molecule has 1 aliphatic rings. The number of hydrogen-bond acceptors (Lipinski definition) is 6. The van der Waals surface area contributed by atoms with E-state index in [2.05, 4.69) is 19.2 Å². The van der Waals surface area contributed by atoms with Gasteiger partial charge in [-0.1, -0.05) is 37.6 Å². The van der Waals surface area contributed by atoms with Gasteiger partial charge in [-0.05, 0) is 59.1 Å². The van der Waals surface area contributed by atoms with E-state index >= 15 is 0 Å². The van der Waals surface area contributed by atoms with Crippen molar-refractivity contribution in [1.29, 1.82) is 0 Å². The normalized spacial score (nSPS) is 14.9. The van der Waals surface area contributed by atoms with Gasteiger partial charge in [0.15, 0.2) is 11.5 Å². The van der Waals surface area contributed by atoms with Crippen molar-refractivity contribution >= 4 is 52.2 Å². The Morgan fingerprint density at radius 3 is 2.44 bits per heavy atom. The lowest BCUT2D eigenvalue weighted by Gasteiger charge is -2.13. The van der Waals surface area contributed by atoms with Crippen LogP contribution in [0.5, 0.6) is 11.5 Å². The van der Waals surface area contributed by atoms with Crippen LogP contribution in [0.3, 0.4) is 0 Å². The highest BCUT2D eigenvalue weighted by Gasteiger charge is 2.36. The summed E-state index contributed by atoms with van der Waals surface area (Å²) in [6.45, 7) is 3.79. The molecule has 0 aliphatic carbocycles. The zero-order valence-corrected chi connectivity index (χ0v) is 19.7. The van der Waals surface area contributed by atoms with Gasteiger partial charge in [-0.2, -0.15) is 0 Å². The van der Waals surface area contributed by atoms with E-state index in [1.54, 1.807) is 24.3 Å². The average molecular weight is 475 g/mol. The van der Waals surface area contributed by atoms with E-state index in [9.17, 15) is 14.4 Å². The lowest BCUT2D eigenvalue weighted by atomic mass is 10.0. The second-order valence-corrected chi connectivity index (χ2v) is 8.73. The van der Waals surface area contributed by atoms with Crippen LogP contribution in [0, 0.1) is 0 Å². The smallest absolute Gasteiger partial charge is 0.294 e. The molecule has 1 aliphatic heterocycles. The van der Waals surface area contributed by atoms with Crippen LogP contribution in [-0.2, 0) is 9.59 Å². The fraction of sp³-hybridized carbons (Fsp3) is 0.261. The standard InChI is InChI=1S/C23H23ClN2O5S/c1-13(2)15-5-7-16(8-6-15)25-20(27)12-26-22(28)19(32-23(26)29)11-14-9-17(24)21(31-4)18(10-14)30-3/h5-11,13H,12H2,1-4H3,(H,25,27)/b19-11-. The summed E-state index contributed by atoms with van der Waals surface area (Å²) in [5.41, 5.74) is 2.31. The van der Waals surface area contributed by atoms with Gasteiger partial charge >= 0.3 is 0 Å². The van der Waals surface area contributed by atoms with Gasteiger partial charge in [0.2, 0.25) is 5.91 Å². The Labute approximate surface area is 195 Å². The Balaban J connectivity index is 1.72. The Bertz CT molecular complexity index is 1080. The fourth-order valence-electron chi connectivity index (χ4n) is 3.10. The van der Waals surface area contributed by atoms with Gasteiger partial charge < -0.3 is 14.8 Å². The molecule has 1 N–H and O–H groups in total. The zero-order valence-electron chi connectivity index (χ0n) is 18.1. The van der Waals surface area contributed by atoms with Crippen molar-refractivity contribution in [3.05, 3.63) is 57.5 Å². The minimum absolute atomic E-state index is 0.187. The highest BCUT2D eigenvalue weighted by Crippen LogP contribution is 2.38. The van der Waals surface area contributed by atoms with Gasteiger partial charge in [0.05, 0.1) is 24.1 Å². The van der Waals surface area contributed by atoms with E-state index < -0.39 is 17.1 Å². The summed E-state index contributed by atoms with van der Waals surface area (Å²) in [6, 6.07) is 10.7. The van der Waals surface area contributed by atoms with Gasteiger partial charge in [0, 0.05) is 5.69 Å². The molecule has 0 saturated carbocycles. The zero-order chi connectivity index (χ0) is 23.4. The fourth-order valence-corrected chi connectivity index (χ4v) is 4.24. The first-order valence-corrected chi connectivity index (χ1v) is 11.0. The average Bonchev–Trinajstić information content (AvgIpc) is 3.00. The molecule has 0 spiro atoms. The van der Waals surface area contributed by atoms with Crippen molar-refractivity contribution < 1.29 is 23.9 Å². The number of ether oxygens (including phenoxy) is 2. The number of nitrogens with zero attached hydrogens (tertiary/aromatic N) is 1. The number of benzene rings is 2. The highest BCUT2D eigenvalue weighted by molar-refractivity contribution is 8.18. The van der Waals surface area contributed by atoms with E-state index in [-0.39, 0.29) is 11.4 Å². The van der Waals surface area contributed by atoms with Crippen LogP contribution in [0.25, 0.3) is 6.08 Å². The van der Waals surface area contributed by atoms with Gasteiger partial charge in [-0.3, -0.25) is 19.3 Å². The Hall–Kier alpha value is -2.97. The molecule has 7 nitrogen and oxygen atoms in total. The largest absolute Gasteiger partial charge is 0.493 e. The maximum atomic E-state index is 12.7. The number of thioether (sulfide) groups is 1. The molecular formula is C23H23ClN2O5S. The second kappa shape index (κ2) is 10.1. The van der Waals surface area contributed by atoms with E-state index in [0.717, 1.165) is 22.2 Å². The van der Waals surface area contributed by atoms with E-state index in [1.165, 1.54) is 20.3 Å². The Morgan fingerprint density at radius 1 is 1.16 bits per heavy atom. The topological polar surface area (TPSA) is 84.9 Å². The first-order chi connectivity index (χ1) is 15.2. The van der Waals surface area contributed by atoms with Crippen molar-refractivity contribution in [3.8, 4) is 11.5 Å². The number of amides is 3. The van der Waals surface area contributed by atoms with Crippen LogP contribution in [0.1, 0.15) is 30.9 Å². The number of anilines is 1. The van der Waals surface area contributed by atoms with Crippen molar-refractivity contribution in [2.45, 2.75) is 19.8 Å². The molecule has 3 rings (SSSR count). The lowest BCUT2D eigenvalue weighted by Crippen LogP contribution is -2.36. The molecule has 168 valence electrons. The summed E-state index contributed by atoms with van der Waals surface area (Å²) < 4.78 is 10.5. The summed E-state index contributed by atoms with van der Waals surface area (Å²) in [7, 11) is 2.94. The summed E-state index contributed by atoms with van der Waals surface area (Å²) in [4.78, 5) is 38.6. The Kier molecular flexibility index (Phi) is 7.48. The number of carbonyl (C=O) groups is 3. The summed E-state index contributed by atoms with van der Waals surface area (Å²) in [5.74, 6) is 0.143. The monoisotopic (exact) mass is 474 g/mol. The first-order valence-electron chi connectivity index (χ1n) is 9.80. The highest BCUT2D eigenvalue weighted by atomic mass is 35.5. The maximum absolute atomic E-state index is 12.7. The molecule has 9 heteroatoms. The second-order valence-electron chi connectivity index (χ2n) is 7.33. The molecule has 2 aromatic carbocycles. The Morgan fingerprint density at radius 2 is 1.84 bits per heavy atom. The van der Waals surface area contributed by atoms with Crippen LogP contribution in [-0.4, -0.2) is 42.7 Å². The summed E-state index contributed by atoms with van der Waals surface area (Å²) >= 11 is 6.97.